The summed E-state index contributed by atoms with van der Waals surface area (Å²) in [5, 5.41) is 7.47. The van der Waals surface area contributed by atoms with Crippen LogP contribution in [0.15, 0.2) is 41.1 Å². The number of rotatable bonds is 5. The van der Waals surface area contributed by atoms with Crippen molar-refractivity contribution in [3.8, 4) is 28.7 Å². The minimum atomic E-state index is 0.259. The molecule has 116 valence electrons. The molecule has 0 saturated heterocycles. The minimum Gasteiger partial charge on any atom is -0.464 e. The summed E-state index contributed by atoms with van der Waals surface area (Å²) in [5.74, 6) is 0.828. The third-order valence-electron chi connectivity index (χ3n) is 3.18. The topological polar surface area (TPSA) is 111 Å². The lowest BCUT2D eigenvalue weighted by Gasteiger charge is -2.10. The fourth-order valence-electron chi connectivity index (χ4n) is 2.14. The third-order valence-corrected chi connectivity index (χ3v) is 3.18. The lowest BCUT2D eigenvalue weighted by atomic mass is 10.1. The number of nitrogen functional groups attached to an aromatic ring is 1. The van der Waals surface area contributed by atoms with Crippen molar-refractivity contribution < 1.29 is 9.15 Å². The third kappa shape index (κ3) is 2.89. The molecule has 0 unspecified atom stereocenters. The van der Waals surface area contributed by atoms with Crippen LogP contribution in [0, 0.1) is 5.41 Å². The Hall–Kier alpha value is -3.22. The van der Waals surface area contributed by atoms with Crippen molar-refractivity contribution >= 4 is 12.0 Å². The molecule has 0 radical (unpaired) electrons. The van der Waals surface area contributed by atoms with Gasteiger partial charge in [0.1, 0.15) is 11.5 Å². The molecule has 3 aromatic rings. The molecule has 7 nitrogen and oxygen atoms in total. The Morgan fingerprint density at radius 3 is 2.91 bits per heavy atom. The Morgan fingerprint density at radius 2 is 2.22 bits per heavy atom. The smallest absolute Gasteiger partial charge is 0.316 e. The van der Waals surface area contributed by atoms with Gasteiger partial charge in [0.15, 0.2) is 5.76 Å². The van der Waals surface area contributed by atoms with E-state index in [1.165, 1.54) is 0 Å². The van der Waals surface area contributed by atoms with Gasteiger partial charge in [-0.25, -0.2) is 9.97 Å². The Kier molecular flexibility index (Phi) is 4.01. The molecule has 7 heteroatoms. The number of ether oxygens (including phenoxy) is 1. The molecule has 0 saturated carbocycles. The van der Waals surface area contributed by atoms with E-state index in [2.05, 4.69) is 15.0 Å². The van der Waals surface area contributed by atoms with Crippen LogP contribution in [0.5, 0.6) is 6.01 Å². The molecule has 0 amide bonds. The zero-order valence-corrected chi connectivity index (χ0v) is 12.5. The van der Waals surface area contributed by atoms with Crippen molar-refractivity contribution in [1.82, 2.24) is 15.0 Å². The standard InChI is InChI=1S/C16H15N5O2/c1-2-22-16-19-6-5-12(20-16)11-8-10(9-17)15(18)21-14(11)13-4-3-7-23-13/h3-9,17H,2H2,1H3,(H2,18,21). The van der Waals surface area contributed by atoms with Crippen LogP contribution in [0.1, 0.15) is 12.5 Å². The molecule has 3 rings (SSSR count). The molecule has 3 heterocycles. The van der Waals surface area contributed by atoms with Crippen molar-refractivity contribution in [3.05, 3.63) is 42.3 Å². The molecule has 0 fully saturated rings. The summed E-state index contributed by atoms with van der Waals surface area (Å²) < 4.78 is 10.8. The van der Waals surface area contributed by atoms with Crippen LogP contribution in [0.25, 0.3) is 22.7 Å². The molecule has 0 aliphatic heterocycles. The van der Waals surface area contributed by atoms with Gasteiger partial charge in [-0.3, -0.25) is 0 Å². The van der Waals surface area contributed by atoms with E-state index in [4.69, 9.17) is 20.3 Å². The number of hydrogen-bond acceptors (Lipinski definition) is 7. The van der Waals surface area contributed by atoms with Gasteiger partial charge in [-0.15, -0.1) is 0 Å². The highest BCUT2D eigenvalue weighted by Crippen LogP contribution is 2.32. The second kappa shape index (κ2) is 6.27. The molecule has 0 aliphatic carbocycles. The summed E-state index contributed by atoms with van der Waals surface area (Å²) in [6.45, 7) is 2.34. The quantitative estimate of drug-likeness (QED) is 0.701. The molecule has 0 aromatic carbocycles. The van der Waals surface area contributed by atoms with Crippen molar-refractivity contribution in [2.75, 3.05) is 12.3 Å². The van der Waals surface area contributed by atoms with E-state index >= 15 is 0 Å². The molecule has 0 atom stereocenters. The van der Waals surface area contributed by atoms with Crippen molar-refractivity contribution in [1.29, 1.82) is 5.41 Å². The van der Waals surface area contributed by atoms with Crippen LogP contribution in [-0.2, 0) is 0 Å². The molecule has 3 N–H and O–H groups in total. The molecule has 3 aromatic heterocycles. The van der Waals surface area contributed by atoms with Gasteiger partial charge >= 0.3 is 6.01 Å². The van der Waals surface area contributed by atoms with Gasteiger partial charge in [-0.05, 0) is 31.2 Å². The van der Waals surface area contributed by atoms with Gasteiger partial charge in [0.25, 0.3) is 0 Å². The number of nitrogens with zero attached hydrogens (tertiary/aromatic N) is 3. The maximum Gasteiger partial charge on any atom is 0.316 e. The Bertz CT molecular complexity index is 830. The highest BCUT2D eigenvalue weighted by molar-refractivity contribution is 5.89. The van der Waals surface area contributed by atoms with E-state index in [1.807, 2.05) is 6.92 Å². The van der Waals surface area contributed by atoms with E-state index in [1.54, 1.807) is 36.7 Å². The van der Waals surface area contributed by atoms with Crippen LogP contribution in [0.2, 0.25) is 0 Å². The Labute approximate surface area is 132 Å². The van der Waals surface area contributed by atoms with Gasteiger partial charge in [-0.2, -0.15) is 4.98 Å². The molecule has 23 heavy (non-hydrogen) atoms. The first-order valence-electron chi connectivity index (χ1n) is 7.04. The zero-order chi connectivity index (χ0) is 16.2. The lowest BCUT2D eigenvalue weighted by Crippen LogP contribution is -2.02. The number of anilines is 1. The number of nitrogens with one attached hydrogen (secondary N) is 1. The van der Waals surface area contributed by atoms with Gasteiger partial charge in [0, 0.05) is 23.5 Å². The molecule has 0 aliphatic rings. The fraction of sp³-hybridized carbons (Fsp3) is 0.125. The average molecular weight is 309 g/mol. The van der Waals surface area contributed by atoms with E-state index in [9.17, 15) is 0 Å². The van der Waals surface area contributed by atoms with Gasteiger partial charge in [0.05, 0.1) is 18.6 Å². The van der Waals surface area contributed by atoms with E-state index in [0.717, 1.165) is 6.21 Å². The number of pyridine rings is 1. The normalized spacial score (nSPS) is 10.5. The van der Waals surface area contributed by atoms with E-state index in [-0.39, 0.29) is 11.8 Å². The Morgan fingerprint density at radius 1 is 1.35 bits per heavy atom. The SMILES string of the molecule is CCOc1nccc(-c2cc(C=N)c(N)nc2-c2ccco2)n1. The number of furan rings is 1. The largest absolute Gasteiger partial charge is 0.464 e. The predicted molar refractivity (Wildman–Crippen MR) is 86.4 cm³/mol. The number of aromatic nitrogens is 3. The van der Waals surface area contributed by atoms with Crippen LogP contribution in [0.4, 0.5) is 5.82 Å². The van der Waals surface area contributed by atoms with Gasteiger partial charge in [0.2, 0.25) is 0 Å². The first-order valence-corrected chi connectivity index (χ1v) is 7.04. The number of nitrogens with two attached hydrogens (primary N) is 1. The molecule has 0 spiro atoms. The van der Waals surface area contributed by atoms with Gasteiger partial charge in [-0.1, -0.05) is 0 Å². The van der Waals surface area contributed by atoms with Crippen LogP contribution >= 0.6 is 0 Å². The van der Waals surface area contributed by atoms with Crippen LogP contribution < -0.4 is 10.5 Å². The van der Waals surface area contributed by atoms with Crippen LogP contribution in [0.3, 0.4) is 0 Å². The van der Waals surface area contributed by atoms with E-state index < -0.39 is 0 Å². The van der Waals surface area contributed by atoms with Crippen LogP contribution in [-0.4, -0.2) is 27.8 Å². The summed E-state index contributed by atoms with van der Waals surface area (Å²) in [4.78, 5) is 12.8. The molecular formula is C16H15N5O2. The highest BCUT2D eigenvalue weighted by atomic mass is 16.5. The summed E-state index contributed by atoms with van der Waals surface area (Å²) in [6.07, 6.45) is 4.33. The summed E-state index contributed by atoms with van der Waals surface area (Å²) >= 11 is 0. The first-order chi connectivity index (χ1) is 11.2. The second-order valence-corrected chi connectivity index (χ2v) is 4.64. The maximum absolute atomic E-state index is 7.47. The van der Waals surface area contributed by atoms with Gasteiger partial charge < -0.3 is 20.3 Å². The first kappa shape index (κ1) is 14.7. The maximum atomic E-state index is 7.47. The zero-order valence-electron chi connectivity index (χ0n) is 12.5. The fourth-order valence-corrected chi connectivity index (χ4v) is 2.14. The summed E-state index contributed by atoms with van der Waals surface area (Å²) in [7, 11) is 0. The minimum absolute atomic E-state index is 0.259. The van der Waals surface area contributed by atoms with Crippen molar-refractivity contribution in [2.45, 2.75) is 6.92 Å². The highest BCUT2D eigenvalue weighted by Gasteiger charge is 2.16. The average Bonchev–Trinajstić information content (AvgIpc) is 3.09. The lowest BCUT2D eigenvalue weighted by molar-refractivity contribution is 0.313. The van der Waals surface area contributed by atoms with Crippen molar-refractivity contribution in [2.24, 2.45) is 0 Å². The Balaban J connectivity index is 2.20. The molecule has 0 bridgehead atoms. The monoisotopic (exact) mass is 309 g/mol. The molecular weight excluding hydrogens is 294 g/mol. The summed E-state index contributed by atoms with van der Waals surface area (Å²) in [5.41, 5.74) is 8.27. The van der Waals surface area contributed by atoms with E-state index in [0.29, 0.717) is 34.9 Å². The second-order valence-electron chi connectivity index (χ2n) is 4.64. The van der Waals surface area contributed by atoms with Crippen molar-refractivity contribution in [3.63, 3.8) is 0 Å². The number of hydrogen-bond donors (Lipinski definition) is 2. The predicted octanol–water partition coefficient (Wildman–Crippen LogP) is 2.78. The summed E-state index contributed by atoms with van der Waals surface area (Å²) in [6, 6.07) is 7.34.